The number of fused-ring (bicyclic) bond motifs is 1. The summed E-state index contributed by atoms with van der Waals surface area (Å²) in [5, 5.41) is 0.986. The van der Waals surface area contributed by atoms with Crippen LogP contribution in [0.3, 0.4) is 0 Å². The lowest BCUT2D eigenvalue weighted by Gasteiger charge is -2.11. The molecule has 1 aliphatic heterocycles. The number of esters is 1. The third kappa shape index (κ3) is 3.29. The first-order valence-corrected chi connectivity index (χ1v) is 9.22. The van der Waals surface area contributed by atoms with Crippen LogP contribution in [-0.2, 0) is 15.9 Å². The van der Waals surface area contributed by atoms with Crippen LogP contribution >= 0.6 is 0 Å². The maximum Gasteiger partial charge on any atom is 0.338 e. The fourth-order valence-corrected chi connectivity index (χ4v) is 3.36. The highest BCUT2D eigenvalue weighted by Gasteiger charge is 2.17. The molecular formula is C22H21N3O3. The average Bonchev–Trinajstić information content (AvgIpc) is 3.13. The van der Waals surface area contributed by atoms with E-state index in [0.29, 0.717) is 25.0 Å². The van der Waals surface area contributed by atoms with E-state index in [4.69, 9.17) is 14.5 Å². The molecule has 0 fully saturated rings. The molecule has 0 saturated heterocycles. The number of imidazole rings is 1. The van der Waals surface area contributed by atoms with Gasteiger partial charge in [0.2, 0.25) is 0 Å². The molecule has 1 aromatic heterocycles. The number of rotatable bonds is 4. The molecule has 142 valence electrons. The predicted octanol–water partition coefficient (Wildman–Crippen LogP) is 2.05. The number of benzene rings is 1. The van der Waals surface area contributed by atoms with E-state index in [1.807, 2.05) is 42.6 Å². The Kier molecular flexibility index (Phi) is 4.93. The van der Waals surface area contributed by atoms with Gasteiger partial charge in [0.25, 0.3) is 0 Å². The number of allylic oxidation sites excluding steroid dienone is 3. The van der Waals surface area contributed by atoms with Gasteiger partial charge in [-0.2, -0.15) is 0 Å². The van der Waals surface area contributed by atoms with Crippen LogP contribution in [0.15, 0.2) is 53.4 Å². The van der Waals surface area contributed by atoms with E-state index in [0.717, 1.165) is 33.5 Å². The van der Waals surface area contributed by atoms with Gasteiger partial charge in [-0.25, -0.2) is 9.78 Å². The van der Waals surface area contributed by atoms with Crippen LogP contribution in [-0.4, -0.2) is 35.5 Å². The second-order valence-corrected chi connectivity index (χ2v) is 6.43. The molecule has 6 heteroatoms. The summed E-state index contributed by atoms with van der Waals surface area (Å²) in [4.78, 5) is 21.3. The van der Waals surface area contributed by atoms with Gasteiger partial charge in [-0.3, -0.25) is 9.56 Å². The van der Waals surface area contributed by atoms with Crippen molar-refractivity contribution in [2.24, 2.45) is 4.99 Å². The van der Waals surface area contributed by atoms with Crippen LogP contribution in [0.5, 0.6) is 0 Å². The van der Waals surface area contributed by atoms with Crippen molar-refractivity contribution >= 4 is 23.8 Å². The predicted molar refractivity (Wildman–Crippen MR) is 108 cm³/mol. The quantitative estimate of drug-likeness (QED) is 0.768. The van der Waals surface area contributed by atoms with Gasteiger partial charge in [0.05, 0.1) is 30.3 Å². The number of hydrogen-bond donors (Lipinski definition) is 0. The van der Waals surface area contributed by atoms with Crippen LogP contribution in [0.25, 0.3) is 17.3 Å². The number of aliphatic imine (C=N–C) groups is 1. The Morgan fingerprint density at radius 1 is 1.29 bits per heavy atom. The molecule has 0 N–H and O–H groups in total. The molecule has 0 saturated carbocycles. The number of hydrogen-bond acceptors (Lipinski definition) is 5. The largest absolute Gasteiger partial charge is 0.501 e. The van der Waals surface area contributed by atoms with Crippen LogP contribution < -0.4 is 10.8 Å². The van der Waals surface area contributed by atoms with E-state index in [1.165, 1.54) is 0 Å². The Morgan fingerprint density at radius 3 is 2.93 bits per heavy atom. The van der Waals surface area contributed by atoms with Gasteiger partial charge < -0.3 is 9.47 Å². The smallest absolute Gasteiger partial charge is 0.338 e. The first-order valence-electron chi connectivity index (χ1n) is 9.22. The zero-order valence-corrected chi connectivity index (χ0v) is 15.9. The van der Waals surface area contributed by atoms with E-state index in [9.17, 15) is 4.79 Å². The lowest BCUT2D eigenvalue weighted by molar-refractivity contribution is 0.0526. The zero-order chi connectivity index (χ0) is 19.5. The molecule has 1 aromatic carbocycles. The highest BCUT2D eigenvalue weighted by atomic mass is 16.5. The number of carbonyl (C=O) groups is 1. The molecule has 28 heavy (non-hydrogen) atoms. The van der Waals surface area contributed by atoms with E-state index < -0.39 is 0 Å². The zero-order valence-electron chi connectivity index (χ0n) is 15.9. The first-order chi connectivity index (χ1) is 13.7. The first kappa shape index (κ1) is 18.0. The SMILES string of the molecule is CCOC(=O)c1cccc(-n2c(=C3C=CN=CC3)nc3c2=CC=C(OC)C3)c1. The summed E-state index contributed by atoms with van der Waals surface area (Å²) >= 11 is 0. The molecule has 2 aromatic rings. The number of nitrogens with zero attached hydrogens (tertiary/aromatic N) is 3. The summed E-state index contributed by atoms with van der Waals surface area (Å²) in [6, 6.07) is 7.43. The summed E-state index contributed by atoms with van der Waals surface area (Å²) in [6.45, 7) is 2.14. The van der Waals surface area contributed by atoms with Gasteiger partial charge in [-0.15, -0.1) is 0 Å². The Labute approximate surface area is 162 Å². The van der Waals surface area contributed by atoms with E-state index in [-0.39, 0.29) is 5.97 Å². The normalized spacial score (nSPS) is 16.9. The van der Waals surface area contributed by atoms with E-state index in [2.05, 4.69) is 9.56 Å². The summed E-state index contributed by atoms with van der Waals surface area (Å²) in [6.07, 6.45) is 10.9. The van der Waals surface area contributed by atoms with Gasteiger partial charge >= 0.3 is 5.97 Å². The second kappa shape index (κ2) is 7.68. The number of methoxy groups -OCH3 is 1. The molecular weight excluding hydrogens is 354 g/mol. The molecule has 0 atom stereocenters. The Balaban J connectivity index is 1.94. The lowest BCUT2D eigenvalue weighted by atomic mass is 10.1. The summed E-state index contributed by atoms with van der Waals surface area (Å²) in [7, 11) is 1.67. The topological polar surface area (TPSA) is 65.7 Å². The van der Waals surface area contributed by atoms with Crippen LogP contribution in [0, 0.1) is 0 Å². The molecule has 2 aliphatic rings. The Morgan fingerprint density at radius 2 is 2.18 bits per heavy atom. The van der Waals surface area contributed by atoms with Gasteiger partial charge in [0.1, 0.15) is 11.2 Å². The van der Waals surface area contributed by atoms with Crippen LogP contribution in [0.4, 0.5) is 0 Å². The monoisotopic (exact) mass is 375 g/mol. The number of ether oxygens (including phenoxy) is 2. The minimum Gasteiger partial charge on any atom is -0.501 e. The molecule has 1 aliphatic carbocycles. The van der Waals surface area contributed by atoms with Crippen molar-refractivity contribution in [3.63, 3.8) is 0 Å². The van der Waals surface area contributed by atoms with Crippen molar-refractivity contribution in [3.05, 3.63) is 70.5 Å². The van der Waals surface area contributed by atoms with Gasteiger partial charge in [-0.1, -0.05) is 6.07 Å². The van der Waals surface area contributed by atoms with Crippen molar-refractivity contribution < 1.29 is 14.3 Å². The van der Waals surface area contributed by atoms with Gasteiger partial charge in [-0.05, 0) is 43.4 Å². The number of aromatic nitrogens is 2. The summed E-state index contributed by atoms with van der Waals surface area (Å²) in [5.74, 6) is 0.539. The molecule has 4 rings (SSSR count). The number of carbonyl (C=O) groups excluding carboxylic acids is 1. The average molecular weight is 375 g/mol. The molecule has 0 amide bonds. The van der Waals surface area contributed by atoms with Crippen molar-refractivity contribution in [1.82, 2.24) is 9.55 Å². The molecule has 2 heterocycles. The Hall–Kier alpha value is -3.41. The van der Waals surface area contributed by atoms with Crippen LogP contribution in [0.2, 0.25) is 0 Å². The standard InChI is InChI=1S/C22H21N3O3/c1-3-28-22(26)16-5-4-6-17(13-16)25-20-8-7-18(27-2)14-19(20)24-21(25)15-9-11-23-12-10-15/h4-9,11-13H,3,10,14H2,1-2H3. The minimum absolute atomic E-state index is 0.331. The molecule has 0 bridgehead atoms. The van der Waals surface area contributed by atoms with Gasteiger partial charge in [0, 0.05) is 36.5 Å². The maximum atomic E-state index is 12.2. The third-order valence-electron chi connectivity index (χ3n) is 4.70. The van der Waals surface area contributed by atoms with E-state index >= 15 is 0 Å². The fraction of sp³-hybridized carbons (Fsp3) is 0.227. The van der Waals surface area contributed by atoms with Crippen molar-refractivity contribution in [2.45, 2.75) is 19.8 Å². The lowest BCUT2D eigenvalue weighted by Crippen LogP contribution is -2.29. The summed E-state index contributed by atoms with van der Waals surface area (Å²) < 4.78 is 12.6. The Bertz CT molecular complexity index is 1140. The van der Waals surface area contributed by atoms with E-state index in [1.54, 1.807) is 26.3 Å². The van der Waals surface area contributed by atoms with Crippen LogP contribution in [0.1, 0.15) is 29.4 Å². The highest BCUT2D eigenvalue weighted by Crippen LogP contribution is 2.14. The molecule has 0 spiro atoms. The second-order valence-electron chi connectivity index (χ2n) is 6.43. The maximum absolute atomic E-state index is 12.2. The molecule has 0 radical (unpaired) electrons. The molecule has 0 unspecified atom stereocenters. The van der Waals surface area contributed by atoms with Gasteiger partial charge in [0.15, 0.2) is 0 Å². The third-order valence-corrected chi connectivity index (χ3v) is 4.70. The van der Waals surface area contributed by atoms with Crippen molar-refractivity contribution in [1.29, 1.82) is 0 Å². The molecule has 6 nitrogen and oxygen atoms in total. The van der Waals surface area contributed by atoms with Crippen molar-refractivity contribution in [2.75, 3.05) is 13.7 Å². The fourth-order valence-electron chi connectivity index (χ4n) is 3.36. The van der Waals surface area contributed by atoms with Crippen molar-refractivity contribution in [3.8, 4) is 5.69 Å². The highest BCUT2D eigenvalue weighted by molar-refractivity contribution is 5.90. The summed E-state index contributed by atoms with van der Waals surface area (Å²) in [5.41, 5.74) is 4.23. The minimum atomic E-state index is -0.331.